The first kappa shape index (κ1) is 19.8. The van der Waals surface area contributed by atoms with Crippen molar-refractivity contribution in [1.82, 2.24) is 15.6 Å². The standard InChI is InChI=1S/C22H20N4O3/c1-14(27)24-10-11-25-22(28)21-17-9-8-16(29-2)12-18(17)20(19(13-23)26-21)15-6-4-3-5-7-15/h3-9,12H,10-11H2,1-2H3,(H,24,27)(H,25,28). The van der Waals surface area contributed by atoms with Crippen LogP contribution in [-0.2, 0) is 4.79 Å². The summed E-state index contributed by atoms with van der Waals surface area (Å²) in [5.41, 5.74) is 1.79. The Morgan fingerprint density at radius 2 is 1.79 bits per heavy atom. The summed E-state index contributed by atoms with van der Waals surface area (Å²) in [6.45, 7) is 1.96. The number of carbonyl (C=O) groups is 2. The number of carbonyl (C=O) groups excluding carboxylic acids is 2. The summed E-state index contributed by atoms with van der Waals surface area (Å²) < 4.78 is 5.34. The van der Waals surface area contributed by atoms with Crippen LogP contribution in [0, 0.1) is 11.3 Å². The Kier molecular flexibility index (Phi) is 6.05. The van der Waals surface area contributed by atoms with E-state index in [1.165, 1.54) is 6.92 Å². The first-order valence-corrected chi connectivity index (χ1v) is 9.05. The minimum atomic E-state index is -0.415. The molecule has 29 heavy (non-hydrogen) atoms. The highest BCUT2D eigenvalue weighted by Gasteiger charge is 2.20. The molecule has 7 nitrogen and oxygen atoms in total. The molecule has 0 atom stereocenters. The predicted octanol–water partition coefficient (Wildman–Crippen LogP) is 2.65. The van der Waals surface area contributed by atoms with Crippen LogP contribution < -0.4 is 15.4 Å². The molecule has 1 aromatic heterocycles. The highest BCUT2D eigenvalue weighted by Crippen LogP contribution is 2.34. The molecule has 146 valence electrons. The minimum Gasteiger partial charge on any atom is -0.497 e. The first-order valence-electron chi connectivity index (χ1n) is 9.05. The van der Waals surface area contributed by atoms with Gasteiger partial charge in [-0.15, -0.1) is 0 Å². The number of methoxy groups -OCH3 is 1. The topological polar surface area (TPSA) is 104 Å². The molecule has 3 rings (SSSR count). The number of ether oxygens (including phenoxy) is 1. The minimum absolute atomic E-state index is 0.154. The van der Waals surface area contributed by atoms with Gasteiger partial charge in [0.2, 0.25) is 5.91 Å². The van der Waals surface area contributed by atoms with Gasteiger partial charge in [-0.05, 0) is 29.1 Å². The van der Waals surface area contributed by atoms with Crippen LogP contribution in [0.3, 0.4) is 0 Å². The molecule has 0 saturated carbocycles. The number of hydrogen-bond donors (Lipinski definition) is 2. The fraction of sp³-hybridized carbons (Fsp3) is 0.182. The Labute approximate surface area is 168 Å². The summed E-state index contributed by atoms with van der Waals surface area (Å²) in [5, 5.41) is 16.4. The Balaban J connectivity index is 2.12. The van der Waals surface area contributed by atoms with Gasteiger partial charge in [0, 0.05) is 31.0 Å². The van der Waals surface area contributed by atoms with E-state index < -0.39 is 5.91 Å². The Bertz CT molecular complexity index is 1100. The van der Waals surface area contributed by atoms with Gasteiger partial charge in [-0.1, -0.05) is 30.3 Å². The van der Waals surface area contributed by atoms with Crippen LogP contribution in [0.25, 0.3) is 21.9 Å². The van der Waals surface area contributed by atoms with Crippen molar-refractivity contribution in [2.45, 2.75) is 6.92 Å². The van der Waals surface area contributed by atoms with Crippen molar-refractivity contribution in [2.24, 2.45) is 0 Å². The van der Waals surface area contributed by atoms with Crippen molar-refractivity contribution in [1.29, 1.82) is 5.26 Å². The van der Waals surface area contributed by atoms with Crippen molar-refractivity contribution in [3.63, 3.8) is 0 Å². The van der Waals surface area contributed by atoms with Crippen molar-refractivity contribution in [3.8, 4) is 22.9 Å². The maximum atomic E-state index is 12.7. The zero-order valence-electron chi connectivity index (χ0n) is 16.2. The molecule has 3 aromatic rings. The fourth-order valence-corrected chi connectivity index (χ4v) is 3.07. The van der Waals surface area contributed by atoms with Gasteiger partial charge in [-0.25, -0.2) is 4.98 Å². The van der Waals surface area contributed by atoms with Gasteiger partial charge in [-0.3, -0.25) is 9.59 Å². The fourth-order valence-electron chi connectivity index (χ4n) is 3.07. The average Bonchev–Trinajstić information content (AvgIpc) is 2.75. The predicted molar refractivity (Wildman–Crippen MR) is 109 cm³/mol. The summed E-state index contributed by atoms with van der Waals surface area (Å²) in [7, 11) is 1.56. The third-order valence-electron chi connectivity index (χ3n) is 4.38. The zero-order chi connectivity index (χ0) is 20.8. The molecule has 0 aliphatic heterocycles. The highest BCUT2D eigenvalue weighted by molar-refractivity contribution is 6.10. The molecule has 2 amide bonds. The van der Waals surface area contributed by atoms with Crippen molar-refractivity contribution in [3.05, 3.63) is 59.9 Å². The van der Waals surface area contributed by atoms with Gasteiger partial charge in [0.1, 0.15) is 23.2 Å². The molecule has 0 spiro atoms. The van der Waals surface area contributed by atoms with Gasteiger partial charge >= 0.3 is 0 Å². The number of rotatable bonds is 6. The molecule has 7 heteroatoms. The number of fused-ring (bicyclic) bond motifs is 1. The van der Waals surface area contributed by atoms with Gasteiger partial charge in [0.25, 0.3) is 5.91 Å². The number of aromatic nitrogens is 1. The van der Waals surface area contributed by atoms with E-state index in [0.29, 0.717) is 28.6 Å². The molecule has 0 fully saturated rings. The van der Waals surface area contributed by atoms with E-state index in [1.54, 1.807) is 25.3 Å². The van der Waals surface area contributed by atoms with Crippen LogP contribution in [0.5, 0.6) is 5.75 Å². The lowest BCUT2D eigenvalue weighted by molar-refractivity contribution is -0.118. The van der Waals surface area contributed by atoms with E-state index in [0.717, 1.165) is 5.56 Å². The van der Waals surface area contributed by atoms with Crippen molar-refractivity contribution >= 4 is 22.6 Å². The maximum Gasteiger partial charge on any atom is 0.270 e. The smallest absolute Gasteiger partial charge is 0.270 e. The van der Waals surface area contributed by atoms with Crippen LogP contribution in [-0.4, -0.2) is 37.0 Å². The third-order valence-corrected chi connectivity index (χ3v) is 4.38. The summed E-state index contributed by atoms with van der Waals surface area (Å²) in [5.74, 6) is 0.0253. The Hall–Kier alpha value is -3.92. The molecule has 2 aromatic carbocycles. The number of benzene rings is 2. The van der Waals surface area contributed by atoms with E-state index in [4.69, 9.17) is 4.74 Å². The van der Waals surface area contributed by atoms with E-state index >= 15 is 0 Å². The number of hydrogen-bond acceptors (Lipinski definition) is 5. The molecule has 0 aliphatic carbocycles. The molecule has 0 unspecified atom stereocenters. The molecule has 0 bridgehead atoms. The number of nitriles is 1. The summed E-state index contributed by atoms with van der Waals surface area (Å²) in [4.78, 5) is 28.1. The van der Waals surface area contributed by atoms with Crippen LogP contribution in [0.2, 0.25) is 0 Å². The summed E-state index contributed by atoms with van der Waals surface area (Å²) >= 11 is 0. The zero-order valence-corrected chi connectivity index (χ0v) is 16.2. The van der Waals surface area contributed by atoms with Gasteiger partial charge in [0.15, 0.2) is 0 Å². The number of nitrogens with zero attached hydrogens (tertiary/aromatic N) is 2. The molecule has 1 heterocycles. The molecule has 0 radical (unpaired) electrons. The molecule has 0 saturated heterocycles. The SMILES string of the molecule is COc1ccc2c(C(=O)NCCNC(C)=O)nc(C#N)c(-c3ccccc3)c2c1. The highest BCUT2D eigenvalue weighted by atomic mass is 16.5. The van der Waals surface area contributed by atoms with E-state index in [2.05, 4.69) is 21.7 Å². The van der Waals surface area contributed by atoms with Crippen LogP contribution >= 0.6 is 0 Å². The lowest BCUT2D eigenvalue weighted by atomic mass is 9.95. The second kappa shape index (κ2) is 8.85. The Morgan fingerprint density at radius 1 is 1.07 bits per heavy atom. The van der Waals surface area contributed by atoms with Gasteiger partial charge in [0.05, 0.1) is 7.11 Å². The summed E-state index contributed by atoms with van der Waals surface area (Å²) in [6.07, 6.45) is 0. The van der Waals surface area contributed by atoms with E-state index in [1.807, 2.05) is 30.3 Å². The summed E-state index contributed by atoms with van der Waals surface area (Å²) in [6, 6.07) is 16.9. The lowest BCUT2D eigenvalue weighted by Gasteiger charge is -2.14. The quantitative estimate of drug-likeness (QED) is 0.632. The molecule has 2 N–H and O–H groups in total. The second-order valence-corrected chi connectivity index (χ2v) is 6.31. The number of nitrogens with one attached hydrogen (secondary N) is 2. The normalized spacial score (nSPS) is 10.2. The molecular weight excluding hydrogens is 368 g/mol. The molecular formula is C22H20N4O3. The van der Waals surface area contributed by atoms with E-state index in [9.17, 15) is 14.9 Å². The monoisotopic (exact) mass is 388 g/mol. The largest absolute Gasteiger partial charge is 0.497 e. The van der Waals surface area contributed by atoms with Crippen LogP contribution in [0.15, 0.2) is 48.5 Å². The second-order valence-electron chi connectivity index (χ2n) is 6.31. The van der Waals surface area contributed by atoms with Gasteiger partial charge in [-0.2, -0.15) is 5.26 Å². The van der Waals surface area contributed by atoms with Gasteiger partial charge < -0.3 is 15.4 Å². The lowest BCUT2D eigenvalue weighted by Crippen LogP contribution is -2.34. The van der Waals surface area contributed by atoms with Crippen molar-refractivity contribution in [2.75, 3.05) is 20.2 Å². The van der Waals surface area contributed by atoms with E-state index in [-0.39, 0.29) is 23.8 Å². The number of amides is 2. The number of pyridine rings is 1. The Morgan fingerprint density at radius 3 is 2.45 bits per heavy atom. The third kappa shape index (κ3) is 4.33. The maximum absolute atomic E-state index is 12.7. The van der Waals surface area contributed by atoms with Crippen LogP contribution in [0.4, 0.5) is 0 Å². The molecule has 0 aliphatic rings. The first-order chi connectivity index (χ1) is 14.0. The average molecular weight is 388 g/mol. The van der Waals surface area contributed by atoms with Crippen LogP contribution in [0.1, 0.15) is 23.1 Å². The van der Waals surface area contributed by atoms with Crippen molar-refractivity contribution < 1.29 is 14.3 Å².